The Morgan fingerprint density at radius 1 is 1.22 bits per heavy atom. The first-order chi connectivity index (χ1) is 8.74. The van der Waals surface area contributed by atoms with Crippen molar-refractivity contribution in [2.75, 3.05) is 18.9 Å². The van der Waals surface area contributed by atoms with Crippen LogP contribution in [0.3, 0.4) is 0 Å². The molecule has 0 saturated heterocycles. The van der Waals surface area contributed by atoms with Crippen LogP contribution in [0, 0.1) is 0 Å². The Morgan fingerprint density at radius 3 is 2.50 bits per heavy atom. The normalized spacial score (nSPS) is 14.4. The van der Waals surface area contributed by atoms with Gasteiger partial charge in [0.25, 0.3) is 0 Å². The molecule has 3 rings (SSSR count). The second-order valence-electron chi connectivity index (χ2n) is 4.19. The summed E-state index contributed by atoms with van der Waals surface area (Å²) < 4.78 is 7.08. The molecule has 0 spiro atoms. The molecule has 1 aromatic heterocycles. The fourth-order valence-corrected chi connectivity index (χ4v) is 1.92. The number of benzene rings is 1. The lowest BCUT2D eigenvalue weighted by Crippen LogP contribution is -2.00. The van der Waals surface area contributed by atoms with Gasteiger partial charge in [-0.1, -0.05) is 12.1 Å². The Balaban J connectivity index is 1.91. The molecular formula is C13H14N4O. The molecule has 0 unspecified atom stereocenters. The minimum Gasteiger partial charge on any atom is -0.476 e. The van der Waals surface area contributed by atoms with Crippen molar-refractivity contribution in [2.24, 2.45) is 12.0 Å². The van der Waals surface area contributed by atoms with Crippen LogP contribution in [0.15, 0.2) is 35.3 Å². The molecule has 5 heteroatoms. The molecule has 2 aromatic rings. The van der Waals surface area contributed by atoms with E-state index in [9.17, 15) is 0 Å². The first-order valence-electron chi connectivity index (χ1n) is 5.81. The van der Waals surface area contributed by atoms with Crippen LogP contribution in [-0.2, 0) is 11.8 Å². The van der Waals surface area contributed by atoms with Crippen LogP contribution in [0.1, 0.15) is 5.56 Å². The predicted molar refractivity (Wildman–Crippen MR) is 70.4 cm³/mol. The molecule has 18 heavy (non-hydrogen) atoms. The van der Waals surface area contributed by atoms with Gasteiger partial charge in [0.15, 0.2) is 0 Å². The van der Waals surface area contributed by atoms with Gasteiger partial charge < -0.3 is 10.5 Å². The van der Waals surface area contributed by atoms with Crippen molar-refractivity contribution in [1.29, 1.82) is 0 Å². The highest BCUT2D eigenvalue weighted by Crippen LogP contribution is 2.21. The Morgan fingerprint density at radius 2 is 1.94 bits per heavy atom. The number of rotatable bonds is 2. The van der Waals surface area contributed by atoms with E-state index in [1.807, 2.05) is 37.4 Å². The second kappa shape index (κ2) is 4.18. The van der Waals surface area contributed by atoms with Crippen LogP contribution in [0.5, 0.6) is 0 Å². The molecule has 0 atom stereocenters. The fraction of sp³-hybridized carbons (Fsp3) is 0.231. The van der Waals surface area contributed by atoms with Crippen molar-refractivity contribution in [3.8, 4) is 11.3 Å². The van der Waals surface area contributed by atoms with Gasteiger partial charge in [0, 0.05) is 24.2 Å². The second-order valence-corrected chi connectivity index (χ2v) is 4.19. The molecule has 1 aliphatic rings. The minimum atomic E-state index is 0.651. The lowest BCUT2D eigenvalue weighted by Gasteiger charge is -2.02. The number of ether oxygens (including phenoxy) is 1. The van der Waals surface area contributed by atoms with Gasteiger partial charge in [-0.25, -0.2) is 4.99 Å². The number of hydrogen-bond donors (Lipinski definition) is 1. The fourth-order valence-electron chi connectivity index (χ4n) is 1.92. The molecule has 1 aliphatic heterocycles. The lowest BCUT2D eigenvalue weighted by atomic mass is 10.1. The third kappa shape index (κ3) is 1.84. The van der Waals surface area contributed by atoms with E-state index < -0.39 is 0 Å². The summed E-state index contributed by atoms with van der Waals surface area (Å²) in [5.74, 6) is 1.37. The minimum absolute atomic E-state index is 0.651. The molecule has 0 aliphatic carbocycles. The smallest absolute Gasteiger partial charge is 0.216 e. The van der Waals surface area contributed by atoms with Gasteiger partial charge in [0.1, 0.15) is 12.4 Å². The van der Waals surface area contributed by atoms with Gasteiger partial charge in [-0.3, -0.25) is 4.68 Å². The van der Waals surface area contributed by atoms with Crippen LogP contribution in [0.25, 0.3) is 11.3 Å². The number of aryl methyl sites for hydroxylation is 1. The van der Waals surface area contributed by atoms with Gasteiger partial charge in [0.05, 0.1) is 12.2 Å². The standard InChI is InChI=1S/C13H14N4O/c1-17-12(14)8-11(16-17)9-2-4-10(5-3-9)13-15-6-7-18-13/h2-5,8H,6-7,14H2,1H3. The Hall–Kier alpha value is -2.30. The van der Waals surface area contributed by atoms with Crippen molar-refractivity contribution in [3.05, 3.63) is 35.9 Å². The van der Waals surface area contributed by atoms with Crippen molar-refractivity contribution >= 4 is 11.7 Å². The van der Waals surface area contributed by atoms with Crippen LogP contribution in [-0.4, -0.2) is 28.8 Å². The molecule has 2 N–H and O–H groups in total. The van der Waals surface area contributed by atoms with Gasteiger partial charge in [-0.05, 0) is 12.1 Å². The maximum atomic E-state index is 5.77. The number of aliphatic imine (C=N–C) groups is 1. The van der Waals surface area contributed by atoms with E-state index in [-0.39, 0.29) is 0 Å². The van der Waals surface area contributed by atoms with Crippen molar-refractivity contribution < 1.29 is 4.74 Å². The highest BCUT2D eigenvalue weighted by atomic mass is 16.5. The lowest BCUT2D eigenvalue weighted by molar-refractivity contribution is 0.348. The SMILES string of the molecule is Cn1nc(-c2ccc(C3=NCCO3)cc2)cc1N. The third-order valence-electron chi connectivity index (χ3n) is 2.93. The Kier molecular flexibility index (Phi) is 2.51. The summed E-state index contributed by atoms with van der Waals surface area (Å²) in [7, 11) is 1.83. The van der Waals surface area contributed by atoms with E-state index in [0.29, 0.717) is 12.4 Å². The van der Waals surface area contributed by atoms with Crippen LogP contribution >= 0.6 is 0 Å². The zero-order valence-corrected chi connectivity index (χ0v) is 10.1. The van der Waals surface area contributed by atoms with Gasteiger partial charge in [-0.2, -0.15) is 5.10 Å². The molecule has 0 bridgehead atoms. The average molecular weight is 242 g/mol. The Labute approximate surface area is 105 Å². The van der Waals surface area contributed by atoms with E-state index >= 15 is 0 Å². The van der Waals surface area contributed by atoms with E-state index in [1.165, 1.54) is 0 Å². The summed E-state index contributed by atoms with van der Waals surface area (Å²) in [6.07, 6.45) is 0. The van der Waals surface area contributed by atoms with E-state index in [2.05, 4.69) is 10.1 Å². The quantitative estimate of drug-likeness (QED) is 0.866. The summed E-state index contributed by atoms with van der Waals surface area (Å²) in [5.41, 5.74) is 8.67. The molecule has 1 aromatic carbocycles. The largest absolute Gasteiger partial charge is 0.476 e. The maximum Gasteiger partial charge on any atom is 0.216 e. The number of nitrogens with zero attached hydrogens (tertiary/aromatic N) is 3. The number of nitrogen functional groups attached to an aromatic ring is 1. The number of aromatic nitrogens is 2. The summed E-state index contributed by atoms with van der Waals surface area (Å²) in [5, 5.41) is 4.34. The van der Waals surface area contributed by atoms with Gasteiger partial charge in [0.2, 0.25) is 5.90 Å². The summed E-state index contributed by atoms with van der Waals surface area (Å²) in [6.45, 7) is 1.42. The summed E-state index contributed by atoms with van der Waals surface area (Å²) in [4.78, 5) is 4.28. The highest BCUT2D eigenvalue weighted by Gasteiger charge is 2.11. The van der Waals surface area contributed by atoms with Crippen molar-refractivity contribution in [2.45, 2.75) is 0 Å². The first-order valence-corrected chi connectivity index (χ1v) is 5.81. The molecule has 0 amide bonds. The van der Waals surface area contributed by atoms with Crippen molar-refractivity contribution in [1.82, 2.24) is 9.78 Å². The van der Waals surface area contributed by atoms with E-state index in [0.717, 1.165) is 29.3 Å². The topological polar surface area (TPSA) is 65.4 Å². The molecule has 5 nitrogen and oxygen atoms in total. The van der Waals surface area contributed by atoms with Gasteiger partial charge >= 0.3 is 0 Å². The average Bonchev–Trinajstić information content (AvgIpc) is 3.01. The summed E-state index contributed by atoms with van der Waals surface area (Å²) in [6, 6.07) is 9.84. The first kappa shape index (κ1) is 10.8. The molecule has 0 radical (unpaired) electrons. The number of nitrogens with two attached hydrogens (primary N) is 1. The Bertz CT molecular complexity index is 578. The van der Waals surface area contributed by atoms with E-state index in [1.54, 1.807) is 4.68 Å². The monoisotopic (exact) mass is 242 g/mol. The maximum absolute atomic E-state index is 5.77. The molecule has 92 valence electrons. The number of anilines is 1. The third-order valence-corrected chi connectivity index (χ3v) is 2.93. The highest BCUT2D eigenvalue weighted by molar-refractivity contribution is 5.95. The molecular weight excluding hydrogens is 228 g/mol. The van der Waals surface area contributed by atoms with Crippen LogP contribution in [0.4, 0.5) is 5.82 Å². The van der Waals surface area contributed by atoms with Crippen molar-refractivity contribution in [3.63, 3.8) is 0 Å². The summed E-state index contributed by atoms with van der Waals surface area (Å²) >= 11 is 0. The molecule has 0 fully saturated rings. The van der Waals surface area contributed by atoms with Gasteiger partial charge in [-0.15, -0.1) is 0 Å². The molecule has 2 heterocycles. The van der Waals surface area contributed by atoms with Crippen LogP contribution < -0.4 is 5.73 Å². The zero-order chi connectivity index (χ0) is 12.5. The number of hydrogen-bond acceptors (Lipinski definition) is 4. The molecule has 0 saturated carbocycles. The van der Waals surface area contributed by atoms with E-state index in [4.69, 9.17) is 10.5 Å². The predicted octanol–water partition coefficient (Wildman–Crippen LogP) is 1.45. The van der Waals surface area contributed by atoms with Crippen LogP contribution in [0.2, 0.25) is 0 Å². The zero-order valence-electron chi connectivity index (χ0n) is 10.1.